The van der Waals surface area contributed by atoms with Crippen LogP contribution in [-0.4, -0.2) is 58.3 Å². The highest BCUT2D eigenvalue weighted by Gasteiger charge is 2.40. The Balaban J connectivity index is 1.25. The molecule has 1 aromatic carbocycles. The number of rotatable bonds is 9. The minimum atomic E-state index is -1.84. The van der Waals surface area contributed by atoms with Crippen LogP contribution in [0.2, 0.25) is 0 Å². The van der Waals surface area contributed by atoms with E-state index >= 15 is 0 Å². The van der Waals surface area contributed by atoms with Gasteiger partial charge in [0.05, 0.1) is 0 Å². The van der Waals surface area contributed by atoms with Gasteiger partial charge in [-0.1, -0.05) is 25.3 Å². The van der Waals surface area contributed by atoms with Crippen molar-refractivity contribution in [1.82, 2.24) is 10.2 Å². The van der Waals surface area contributed by atoms with Gasteiger partial charge in [0.2, 0.25) is 0 Å². The smallest absolute Gasteiger partial charge is 0.254 e. The Morgan fingerprint density at radius 1 is 1.06 bits per heavy atom. The van der Waals surface area contributed by atoms with Crippen LogP contribution in [0.3, 0.4) is 0 Å². The van der Waals surface area contributed by atoms with Crippen LogP contribution in [-0.2, 0) is 22.4 Å². The Labute approximate surface area is 214 Å². The maximum Gasteiger partial charge on any atom is 0.254 e. The lowest BCUT2D eigenvalue weighted by atomic mass is 9.83. The number of thiophene rings is 1. The molecule has 1 saturated heterocycles. The molecule has 2 aromatic rings. The molecular weight excluding hydrogens is 486 g/mol. The number of amides is 2. The van der Waals surface area contributed by atoms with Gasteiger partial charge in [0.15, 0.2) is 12.2 Å². The van der Waals surface area contributed by atoms with Crippen molar-refractivity contribution in [2.75, 3.05) is 13.1 Å². The number of benzene rings is 1. The SMILES string of the molecule is O=C(NCCc1cc(Cc2c(F)cccc2F)cs1)[C@H](O)[C@@H](O)C(=O)N1CCCC1C1CCCCC1. The number of hydrogen-bond donors (Lipinski definition) is 3. The molecule has 0 spiro atoms. The van der Waals surface area contributed by atoms with Crippen molar-refractivity contribution in [3.05, 3.63) is 57.3 Å². The third kappa shape index (κ3) is 6.30. The van der Waals surface area contributed by atoms with Gasteiger partial charge in [-0.25, -0.2) is 8.78 Å². The van der Waals surface area contributed by atoms with E-state index in [-0.39, 0.29) is 24.6 Å². The van der Waals surface area contributed by atoms with Crippen molar-refractivity contribution in [3.63, 3.8) is 0 Å². The van der Waals surface area contributed by atoms with Crippen LogP contribution in [0.15, 0.2) is 29.6 Å². The summed E-state index contributed by atoms with van der Waals surface area (Å²) in [6.07, 6.45) is 4.40. The lowest BCUT2D eigenvalue weighted by Gasteiger charge is -2.35. The number of carbonyl (C=O) groups is 2. The molecule has 196 valence electrons. The van der Waals surface area contributed by atoms with Crippen LogP contribution >= 0.6 is 11.3 Å². The molecule has 4 rings (SSSR count). The molecule has 1 unspecified atom stereocenters. The summed E-state index contributed by atoms with van der Waals surface area (Å²) in [4.78, 5) is 27.9. The molecule has 1 aromatic heterocycles. The minimum absolute atomic E-state index is 0.0145. The summed E-state index contributed by atoms with van der Waals surface area (Å²) in [5.74, 6) is -2.12. The number of nitrogens with zero attached hydrogens (tertiary/aromatic N) is 1. The van der Waals surface area contributed by atoms with E-state index in [0.717, 1.165) is 49.0 Å². The Bertz CT molecular complexity index is 1040. The van der Waals surface area contributed by atoms with Crippen LogP contribution in [0.5, 0.6) is 0 Å². The first-order valence-corrected chi connectivity index (χ1v) is 13.7. The quantitative estimate of drug-likeness (QED) is 0.472. The molecule has 2 amide bonds. The molecule has 0 radical (unpaired) electrons. The Morgan fingerprint density at radius 2 is 1.78 bits per heavy atom. The molecule has 0 bridgehead atoms. The van der Waals surface area contributed by atoms with Gasteiger partial charge in [0, 0.05) is 36.0 Å². The van der Waals surface area contributed by atoms with Gasteiger partial charge in [-0.3, -0.25) is 9.59 Å². The molecule has 6 nitrogen and oxygen atoms in total. The standard InChI is InChI=1S/C27H34F2N2O4S/c28-21-8-4-9-22(29)20(21)15-17-14-19(36-16-17)11-12-30-26(34)24(32)25(33)27(35)31-13-5-10-23(31)18-6-2-1-3-7-18/h4,8-9,14,16,18,23-25,32-33H,1-3,5-7,10-13,15H2,(H,30,34)/t23?,24-,25-/m1/s1. The summed E-state index contributed by atoms with van der Waals surface area (Å²) in [7, 11) is 0. The molecular formula is C27H34F2N2O4S. The van der Waals surface area contributed by atoms with E-state index in [2.05, 4.69) is 5.32 Å². The summed E-state index contributed by atoms with van der Waals surface area (Å²) < 4.78 is 27.8. The van der Waals surface area contributed by atoms with Gasteiger partial charge in [-0.05, 0) is 67.2 Å². The molecule has 2 aliphatic rings. The van der Waals surface area contributed by atoms with E-state index in [1.807, 2.05) is 11.4 Å². The van der Waals surface area contributed by atoms with Crippen molar-refractivity contribution in [3.8, 4) is 0 Å². The molecule has 1 saturated carbocycles. The predicted molar refractivity (Wildman–Crippen MR) is 134 cm³/mol. The van der Waals surface area contributed by atoms with Gasteiger partial charge >= 0.3 is 0 Å². The van der Waals surface area contributed by atoms with Gasteiger partial charge < -0.3 is 20.4 Å². The monoisotopic (exact) mass is 520 g/mol. The van der Waals surface area contributed by atoms with Gasteiger partial charge in [0.25, 0.3) is 11.8 Å². The molecule has 2 heterocycles. The van der Waals surface area contributed by atoms with Crippen molar-refractivity contribution in [2.45, 2.75) is 76.0 Å². The molecule has 9 heteroatoms. The summed E-state index contributed by atoms with van der Waals surface area (Å²) in [6.45, 7) is 0.738. The normalized spacial score (nSPS) is 20.3. The summed E-state index contributed by atoms with van der Waals surface area (Å²) in [6, 6.07) is 5.69. The Hall–Kier alpha value is -2.36. The van der Waals surface area contributed by atoms with Crippen LogP contribution < -0.4 is 5.32 Å². The van der Waals surface area contributed by atoms with Crippen LogP contribution in [0.25, 0.3) is 0 Å². The largest absolute Gasteiger partial charge is 0.380 e. The van der Waals surface area contributed by atoms with E-state index < -0.39 is 35.7 Å². The maximum absolute atomic E-state index is 13.9. The highest BCUT2D eigenvalue weighted by Crippen LogP contribution is 2.34. The molecule has 1 aliphatic heterocycles. The van der Waals surface area contributed by atoms with Gasteiger partial charge in [0.1, 0.15) is 11.6 Å². The zero-order chi connectivity index (χ0) is 25.7. The molecule has 2 fully saturated rings. The van der Waals surface area contributed by atoms with Crippen LogP contribution in [0.4, 0.5) is 8.78 Å². The van der Waals surface area contributed by atoms with E-state index in [1.165, 1.54) is 36.0 Å². The number of aliphatic hydroxyl groups excluding tert-OH is 2. The second-order valence-corrected chi connectivity index (χ2v) is 10.9. The number of nitrogens with one attached hydrogen (secondary N) is 1. The number of hydrogen-bond acceptors (Lipinski definition) is 5. The zero-order valence-electron chi connectivity index (χ0n) is 20.3. The van der Waals surface area contributed by atoms with Crippen molar-refractivity contribution < 1.29 is 28.6 Å². The topological polar surface area (TPSA) is 89.9 Å². The van der Waals surface area contributed by atoms with Crippen molar-refractivity contribution in [2.24, 2.45) is 5.92 Å². The molecule has 3 N–H and O–H groups in total. The first-order chi connectivity index (χ1) is 17.3. The van der Waals surface area contributed by atoms with E-state index in [9.17, 15) is 28.6 Å². The van der Waals surface area contributed by atoms with Crippen molar-refractivity contribution in [1.29, 1.82) is 0 Å². The van der Waals surface area contributed by atoms with Gasteiger partial charge in [-0.2, -0.15) is 0 Å². The first kappa shape index (κ1) is 26.7. The minimum Gasteiger partial charge on any atom is -0.380 e. The van der Waals surface area contributed by atoms with E-state index in [1.54, 1.807) is 4.90 Å². The van der Waals surface area contributed by atoms with Gasteiger partial charge in [-0.15, -0.1) is 11.3 Å². The van der Waals surface area contributed by atoms with Crippen molar-refractivity contribution >= 4 is 23.2 Å². The molecule has 1 aliphatic carbocycles. The third-order valence-corrected chi connectivity index (χ3v) is 8.46. The number of carbonyl (C=O) groups excluding carboxylic acids is 2. The average Bonchev–Trinajstić information content (AvgIpc) is 3.55. The fourth-order valence-electron chi connectivity index (χ4n) is 5.49. The average molecular weight is 521 g/mol. The van der Waals surface area contributed by atoms with E-state index in [0.29, 0.717) is 18.9 Å². The molecule has 36 heavy (non-hydrogen) atoms. The fraction of sp³-hybridized carbons (Fsp3) is 0.556. The summed E-state index contributed by atoms with van der Waals surface area (Å²) >= 11 is 1.41. The number of likely N-dealkylation sites (tertiary alicyclic amines) is 1. The van der Waals surface area contributed by atoms with E-state index in [4.69, 9.17) is 0 Å². The second kappa shape index (κ2) is 12.3. The zero-order valence-corrected chi connectivity index (χ0v) is 21.1. The summed E-state index contributed by atoms with van der Waals surface area (Å²) in [5, 5.41) is 25.2. The number of aliphatic hydroxyl groups is 2. The fourth-order valence-corrected chi connectivity index (χ4v) is 6.39. The number of halogens is 2. The second-order valence-electron chi connectivity index (χ2n) is 9.87. The maximum atomic E-state index is 13.9. The lowest BCUT2D eigenvalue weighted by molar-refractivity contribution is -0.154. The summed E-state index contributed by atoms with van der Waals surface area (Å²) in [5.41, 5.74) is 0.783. The highest BCUT2D eigenvalue weighted by atomic mass is 32.1. The predicted octanol–water partition coefficient (Wildman–Crippen LogP) is 3.57. The Morgan fingerprint density at radius 3 is 2.50 bits per heavy atom. The highest BCUT2D eigenvalue weighted by molar-refractivity contribution is 7.10. The molecule has 3 atom stereocenters. The lowest BCUT2D eigenvalue weighted by Crippen LogP contribution is -2.53. The van der Waals surface area contributed by atoms with Crippen LogP contribution in [0, 0.1) is 17.6 Å². The Kier molecular flexibility index (Phi) is 9.09. The van der Waals surface area contributed by atoms with Crippen LogP contribution in [0.1, 0.15) is 60.9 Å². The first-order valence-electron chi connectivity index (χ1n) is 12.8. The third-order valence-electron chi connectivity index (χ3n) is 7.42.